The van der Waals surface area contributed by atoms with Crippen LogP contribution in [0.4, 0.5) is 0 Å². The molecule has 0 aromatic heterocycles. The molecule has 0 radical (unpaired) electrons. The second-order valence-corrected chi connectivity index (χ2v) is 7.63. The van der Waals surface area contributed by atoms with Gasteiger partial charge in [0.05, 0.1) is 0 Å². The smallest absolute Gasteiger partial charge is 0.00139 e. The lowest BCUT2D eigenvalue weighted by Gasteiger charge is -2.38. The highest BCUT2D eigenvalue weighted by molar-refractivity contribution is 5.19. The SMILES string of the molecule is CC(C)CNCC1(Cc2ccccc2)CC2CCC1C2. The monoisotopic (exact) mass is 271 g/mol. The van der Waals surface area contributed by atoms with Crippen molar-refractivity contribution in [2.45, 2.75) is 46.0 Å². The van der Waals surface area contributed by atoms with E-state index in [9.17, 15) is 0 Å². The molecular formula is C19H29N. The predicted molar refractivity (Wildman–Crippen MR) is 85.7 cm³/mol. The molecule has 3 unspecified atom stereocenters. The summed E-state index contributed by atoms with van der Waals surface area (Å²) < 4.78 is 0. The van der Waals surface area contributed by atoms with Crippen LogP contribution in [-0.4, -0.2) is 13.1 Å². The van der Waals surface area contributed by atoms with E-state index in [1.807, 2.05) is 0 Å². The Morgan fingerprint density at radius 1 is 1.20 bits per heavy atom. The van der Waals surface area contributed by atoms with Crippen molar-refractivity contribution < 1.29 is 0 Å². The Morgan fingerprint density at radius 3 is 2.60 bits per heavy atom. The Balaban J connectivity index is 1.71. The maximum Gasteiger partial charge on any atom is 0.00139 e. The molecule has 0 aliphatic heterocycles. The third-order valence-electron chi connectivity index (χ3n) is 5.53. The molecule has 3 atom stereocenters. The quantitative estimate of drug-likeness (QED) is 0.814. The van der Waals surface area contributed by atoms with Crippen LogP contribution in [0.15, 0.2) is 30.3 Å². The molecule has 2 fully saturated rings. The first-order chi connectivity index (χ1) is 9.68. The van der Waals surface area contributed by atoms with Crippen molar-refractivity contribution in [3.05, 3.63) is 35.9 Å². The van der Waals surface area contributed by atoms with Gasteiger partial charge in [-0.2, -0.15) is 0 Å². The highest BCUT2D eigenvalue weighted by Crippen LogP contribution is 2.57. The highest BCUT2D eigenvalue weighted by Gasteiger charge is 2.50. The van der Waals surface area contributed by atoms with Crippen molar-refractivity contribution >= 4 is 0 Å². The molecule has 1 aromatic carbocycles. The summed E-state index contributed by atoms with van der Waals surface area (Å²) in [7, 11) is 0. The molecule has 1 heteroatoms. The molecule has 1 nitrogen and oxygen atoms in total. The summed E-state index contributed by atoms with van der Waals surface area (Å²) in [5.41, 5.74) is 2.07. The van der Waals surface area contributed by atoms with Crippen LogP contribution in [0.5, 0.6) is 0 Å². The van der Waals surface area contributed by atoms with Gasteiger partial charge < -0.3 is 5.32 Å². The maximum atomic E-state index is 3.77. The standard InChI is InChI=1S/C19H29N/c1-15(2)13-20-14-19(11-16-6-4-3-5-7-16)12-17-8-9-18(19)10-17/h3-7,15,17-18,20H,8-14H2,1-2H3. The van der Waals surface area contributed by atoms with Gasteiger partial charge in [-0.3, -0.25) is 0 Å². The van der Waals surface area contributed by atoms with E-state index in [0.717, 1.165) is 24.3 Å². The van der Waals surface area contributed by atoms with Gasteiger partial charge in [0.15, 0.2) is 0 Å². The predicted octanol–water partition coefficient (Wildman–Crippen LogP) is 4.28. The summed E-state index contributed by atoms with van der Waals surface area (Å²) in [5, 5.41) is 3.77. The molecule has 0 saturated heterocycles. The minimum Gasteiger partial charge on any atom is -0.316 e. The highest BCUT2D eigenvalue weighted by atomic mass is 14.9. The van der Waals surface area contributed by atoms with Crippen molar-refractivity contribution in [2.75, 3.05) is 13.1 Å². The van der Waals surface area contributed by atoms with Crippen molar-refractivity contribution in [2.24, 2.45) is 23.2 Å². The Labute approximate surface area is 124 Å². The second-order valence-electron chi connectivity index (χ2n) is 7.63. The molecule has 0 amide bonds. The van der Waals surface area contributed by atoms with E-state index in [-0.39, 0.29) is 0 Å². The minimum absolute atomic E-state index is 0.541. The lowest BCUT2D eigenvalue weighted by molar-refractivity contribution is 0.155. The zero-order valence-corrected chi connectivity index (χ0v) is 13.1. The fraction of sp³-hybridized carbons (Fsp3) is 0.684. The van der Waals surface area contributed by atoms with Crippen molar-refractivity contribution in [1.82, 2.24) is 5.32 Å². The van der Waals surface area contributed by atoms with Crippen molar-refractivity contribution in [1.29, 1.82) is 0 Å². The summed E-state index contributed by atoms with van der Waals surface area (Å²) in [5.74, 6) is 2.74. The molecule has 20 heavy (non-hydrogen) atoms. The normalized spacial score (nSPS) is 32.1. The summed E-state index contributed by atoms with van der Waals surface area (Å²) in [4.78, 5) is 0. The zero-order valence-electron chi connectivity index (χ0n) is 13.1. The minimum atomic E-state index is 0.541. The maximum absolute atomic E-state index is 3.77. The molecule has 3 rings (SSSR count). The van der Waals surface area contributed by atoms with Gasteiger partial charge >= 0.3 is 0 Å². The molecule has 110 valence electrons. The largest absolute Gasteiger partial charge is 0.316 e. The lowest BCUT2D eigenvalue weighted by atomic mass is 9.69. The Kier molecular flexibility index (Phi) is 4.16. The van der Waals surface area contributed by atoms with Gasteiger partial charge in [-0.15, -0.1) is 0 Å². The Hall–Kier alpha value is -0.820. The molecule has 2 bridgehead atoms. The Bertz CT molecular complexity index is 425. The number of benzene rings is 1. The van der Waals surface area contributed by atoms with Crippen LogP contribution in [-0.2, 0) is 6.42 Å². The number of rotatable bonds is 6. The summed E-state index contributed by atoms with van der Waals surface area (Å²) in [6, 6.07) is 11.1. The molecule has 1 aromatic rings. The first kappa shape index (κ1) is 14.1. The van der Waals surface area contributed by atoms with Gasteiger partial charge in [-0.1, -0.05) is 50.6 Å². The van der Waals surface area contributed by atoms with E-state index in [2.05, 4.69) is 49.5 Å². The number of fused-ring (bicyclic) bond motifs is 2. The average molecular weight is 271 g/mol. The van der Waals surface area contributed by atoms with Gasteiger partial charge in [-0.25, -0.2) is 0 Å². The third-order valence-corrected chi connectivity index (χ3v) is 5.53. The molecule has 2 aliphatic carbocycles. The second kappa shape index (κ2) is 5.89. The molecule has 0 heterocycles. The van der Waals surface area contributed by atoms with Crippen molar-refractivity contribution in [3.8, 4) is 0 Å². The first-order valence-electron chi connectivity index (χ1n) is 8.42. The number of hydrogen-bond acceptors (Lipinski definition) is 1. The van der Waals surface area contributed by atoms with Gasteiger partial charge in [0.25, 0.3) is 0 Å². The topological polar surface area (TPSA) is 12.0 Å². The van der Waals surface area contributed by atoms with Crippen LogP contribution < -0.4 is 5.32 Å². The lowest BCUT2D eigenvalue weighted by Crippen LogP contribution is -2.41. The van der Waals surface area contributed by atoms with Crippen LogP contribution in [0.2, 0.25) is 0 Å². The van der Waals surface area contributed by atoms with Crippen molar-refractivity contribution in [3.63, 3.8) is 0 Å². The zero-order chi connectivity index (χ0) is 14.0. The van der Waals surface area contributed by atoms with Crippen LogP contribution in [0.1, 0.15) is 45.1 Å². The first-order valence-corrected chi connectivity index (χ1v) is 8.42. The summed E-state index contributed by atoms with van der Waals surface area (Å²) in [6.07, 6.45) is 7.19. The van der Waals surface area contributed by atoms with Gasteiger partial charge in [0, 0.05) is 6.54 Å². The fourth-order valence-electron chi connectivity index (χ4n) is 4.67. The van der Waals surface area contributed by atoms with E-state index in [1.54, 1.807) is 0 Å². The summed E-state index contributed by atoms with van der Waals surface area (Å²) in [6.45, 7) is 6.99. The van der Waals surface area contributed by atoms with Crippen LogP contribution >= 0.6 is 0 Å². The Morgan fingerprint density at radius 2 is 2.00 bits per heavy atom. The van der Waals surface area contributed by atoms with E-state index >= 15 is 0 Å². The third kappa shape index (κ3) is 2.93. The van der Waals surface area contributed by atoms with Crippen LogP contribution in [0.25, 0.3) is 0 Å². The summed E-state index contributed by atoms with van der Waals surface area (Å²) >= 11 is 0. The number of nitrogens with one attached hydrogen (secondary N) is 1. The van der Waals surface area contributed by atoms with E-state index in [1.165, 1.54) is 44.2 Å². The number of hydrogen-bond donors (Lipinski definition) is 1. The molecule has 0 spiro atoms. The van der Waals surface area contributed by atoms with E-state index in [4.69, 9.17) is 0 Å². The van der Waals surface area contributed by atoms with Gasteiger partial charge in [0.2, 0.25) is 0 Å². The molecule has 2 aliphatic rings. The fourth-order valence-corrected chi connectivity index (χ4v) is 4.67. The molecule has 1 N–H and O–H groups in total. The van der Waals surface area contributed by atoms with E-state index in [0.29, 0.717) is 5.41 Å². The van der Waals surface area contributed by atoms with E-state index < -0.39 is 0 Å². The van der Waals surface area contributed by atoms with Crippen LogP contribution in [0.3, 0.4) is 0 Å². The average Bonchev–Trinajstić information content (AvgIpc) is 3.00. The van der Waals surface area contributed by atoms with Gasteiger partial charge in [0.1, 0.15) is 0 Å². The van der Waals surface area contributed by atoms with Crippen LogP contribution in [0, 0.1) is 23.2 Å². The molecule has 2 saturated carbocycles. The molecular weight excluding hydrogens is 242 g/mol. The van der Waals surface area contributed by atoms with Gasteiger partial charge in [-0.05, 0) is 61.0 Å².